The van der Waals surface area contributed by atoms with Gasteiger partial charge in [0.1, 0.15) is 11.5 Å². The fourth-order valence-electron chi connectivity index (χ4n) is 2.59. The average molecular weight is 400 g/mol. The number of nitrogens with zero attached hydrogens (tertiary/aromatic N) is 4. The molecule has 1 fully saturated rings. The molecule has 3 N–H and O–H groups in total. The monoisotopic (exact) mass is 399 g/mol. The summed E-state index contributed by atoms with van der Waals surface area (Å²) in [6.45, 7) is 0.699. The number of ether oxygens (including phenoxy) is 1. The first kappa shape index (κ1) is 18.9. The van der Waals surface area contributed by atoms with Crippen LogP contribution in [-0.4, -0.2) is 63.3 Å². The van der Waals surface area contributed by atoms with Crippen molar-refractivity contribution in [2.24, 2.45) is 5.16 Å². The molecule has 2 aromatic rings. The number of halogens is 2. The summed E-state index contributed by atoms with van der Waals surface area (Å²) in [5, 5.41) is 31.7. The zero-order valence-corrected chi connectivity index (χ0v) is 14.6. The van der Waals surface area contributed by atoms with Gasteiger partial charge in [-0.3, -0.25) is 0 Å². The van der Waals surface area contributed by atoms with Gasteiger partial charge in [-0.15, -0.1) is 0 Å². The smallest absolute Gasteiger partial charge is 0.407 e. The van der Waals surface area contributed by atoms with Crippen molar-refractivity contribution in [3.8, 4) is 0 Å². The van der Waals surface area contributed by atoms with E-state index in [1.165, 1.54) is 17.0 Å². The molecule has 12 heteroatoms. The average Bonchev–Trinajstić information content (AvgIpc) is 3.10. The molecule has 0 radical (unpaired) electrons. The van der Waals surface area contributed by atoms with Crippen LogP contribution in [0.5, 0.6) is 0 Å². The fourth-order valence-corrected chi connectivity index (χ4v) is 2.78. The van der Waals surface area contributed by atoms with Gasteiger partial charge in [0.05, 0.1) is 24.3 Å². The number of carbonyl (C=O) groups is 1. The summed E-state index contributed by atoms with van der Waals surface area (Å²) in [7, 11) is 0. The van der Waals surface area contributed by atoms with E-state index in [-0.39, 0.29) is 42.7 Å². The second-order valence-electron chi connectivity index (χ2n) is 5.69. The minimum atomic E-state index is -1.03. The van der Waals surface area contributed by atoms with Crippen molar-refractivity contribution in [3.05, 3.63) is 40.4 Å². The van der Waals surface area contributed by atoms with Gasteiger partial charge in [0, 0.05) is 18.7 Å². The molecular weight excluding hydrogens is 385 g/mol. The third-order valence-electron chi connectivity index (χ3n) is 3.89. The molecule has 0 bridgehead atoms. The highest BCUT2D eigenvalue weighted by Gasteiger charge is 2.27. The number of hydrogen-bond acceptors (Lipinski definition) is 7. The summed E-state index contributed by atoms with van der Waals surface area (Å²) < 4.78 is 23.5. The molecule has 0 aliphatic carbocycles. The van der Waals surface area contributed by atoms with Gasteiger partial charge in [0.25, 0.3) is 0 Å². The quantitative estimate of drug-likeness (QED) is 0.308. The predicted molar refractivity (Wildman–Crippen MR) is 90.7 cm³/mol. The number of benzene rings is 1. The van der Waals surface area contributed by atoms with Crippen molar-refractivity contribution in [3.63, 3.8) is 0 Å². The van der Waals surface area contributed by atoms with Crippen LogP contribution in [0.1, 0.15) is 11.4 Å². The topological polar surface area (TPSA) is 133 Å². The second kappa shape index (κ2) is 8.18. The third-order valence-corrected chi connectivity index (χ3v) is 4.18. The van der Waals surface area contributed by atoms with Crippen LogP contribution in [0, 0.1) is 5.82 Å². The molecule has 1 aliphatic heterocycles. The maximum absolute atomic E-state index is 13.3. The molecule has 0 spiro atoms. The van der Waals surface area contributed by atoms with Gasteiger partial charge in [-0.25, -0.2) is 13.8 Å². The third kappa shape index (κ3) is 4.44. The summed E-state index contributed by atoms with van der Waals surface area (Å²) in [4.78, 5) is 12.3. The Morgan fingerprint density at radius 2 is 2.30 bits per heavy atom. The van der Waals surface area contributed by atoms with E-state index in [1.54, 1.807) is 0 Å². The van der Waals surface area contributed by atoms with Crippen LogP contribution in [0.15, 0.2) is 28.0 Å². The summed E-state index contributed by atoms with van der Waals surface area (Å²) in [6.07, 6.45) is -1.30. The van der Waals surface area contributed by atoms with Gasteiger partial charge >= 0.3 is 6.09 Å². The standard InChI is InChI=1S/C15H15ClFN5O5/c16-10-5-8(1-2-11(10)17)18-14(19-25)13-12(20-27-21-13)6-9-7-22(15(23)24)3-4-26-9/h1-2,5,9,25H,3-4,6-7H2,(H,18,19)(H,23,24). The Kier molecular flexibility index (Phi) is 5.72. The van der Waals surface area contributed by atoms with Crippen LogP contribution in [0.25, 0.3) is 0 Å². The van der Waals surface area contributed by atoms with Gasteiger partial charge < -0.3 is 25.3 Å². The number of nitrogens with one attached hydrogen (secondary N) is 1. The van der Waals surface area contributed by atoms with Crippen LogP contribution in [0.2, 0.25) is 5.02 Å². The first-order chi connectivity index (χ1) is 13.0. The van der Waals surface area contributed by atoms with Crippen molar-refractivity contribution < 1.29 is 28.9 Å². The van der Waals surface area contributed by atoms with Crippen LogP contribution in [0.3, 0.4) is 0 Å². The molecule has 27 heavy (non-hydrogen) atoms. The number of oxime groups is 1. The Morgan fingerprint density at radius 3 is 3.00 bits per heavy atom. The second-order valence-corrected chi connectivity index (χ2v) is 6.09. The number of rotatable bonds is 4. The lowest BCUT2D eigenvalue weighted by atomic mass is 10.1. The normalized spacial score (nSPS) is 17.8. The fraction of sp³-hybridized carbons (Fsp3) is 0.333. The van der Waals surface area contributed by atoms with Crippen molar-refractivity contribution in [2.45, 2.75) is 12.5 Å². The molecule has 1 atom stereocenters. The maximum atomic E-state index is 13.3. The number of anilines is 1. The lowest BCUT2D eigenvalue weighted by Gasteiger charge is -2.30. The van der Waals surface area contributed by atoms with Crippen molar-refractivity contribution in [1.29, 1.82) is 0 Å². The van der Waals surface area contributed by atoms with E-state index in [4.69, 9.17) is 26.1 Å². The minimum absolute atomic E-state index is 0.0974. The highest BCUT2D eigenvalue weighted by Crippen LogP contribution is 2.21. The molecule has 1 saturated heterocycles. The Morgan fingerprint density at radius 1 is 1.48 bits per heavy atom. The largest absolute Gasteiger partial charge is 0.465 e. The molecular formula is C15H15ClFN5O5. The molecule has 144 valence electrons. The van der Waals surface area contributed by atoms with Gasteiger partial charge in [0.2, 0.25) is 5.84 Å². The number of hydrogen-bond donors (Lipinski definition) is 3. The Balaban J connectivity index is 1.74. The number of carboxylic acid groups (broad SMARTS) is 1. The van der Waals surface area contributed by atoms with E-state index in [2.05, 4.69) is 20.8 Å². The highest BCUT2D eigenvalue weighted by atomic mass is 35.5. The first-order valence-electron chi connectivity index (χ1n) is 7.83. The van der Waals surface area contributed by atoms with Crippen LogP contribution in [-0.2, 0) is 11.2 Å². The molecule has 1 aromatic carbocycles. The molecule has 1 unspecified atom stereocenters. The van der Waals surface area contributed by atoms with E-state index in [0.717, 1.165) is 6.07 Å². The van der Waals surface area contributed by atoms with Gasteiger partial charge in [-0.1, -0.05) is 21.9 Å². The van der Waals surface area contributed by atoms with Crippen LogP contribution in [0.4, 0.5) is 14.9 Å². The maximum Gasteiger partial charge on any atom is 0.407 e. The van der Waals surface area contributed by atoms with Crippen molar-refractivity contribution in [1.82, 2.24) is 15.2 Å². The summed E-state index contributed by atoms with van der Waals surface area (Å²) in [5.41, 5.74) is 0.767. The van der Waals surface area contributed by atoms with Gasteiger partial charge in [0.15, 0.2) is 5.69 Å². The Hall–Kier alpha value is -2.92. The van der Waals surface area contributed by atoms with E-state index >= 15 is 0 Å². The SMILES string of the molecule is O=C(O)N1CCOC(Cc2nonc2/C(=N\O)Nc2ccc(F)c(Cl)c2)C1. The Bertz CT molecular complexity index is 861. The number of morpholine rings is 1. The predicted octanol–water partition coefficient (Wildman–Crippen LogP) is 2.03. The molecule has 1 aliphatic rings. The molecule has 10 nitrogen and oxygen atoms in total. The van der Waals surface area contributed by atoms with Gasteiger partial charge in [-0.05, 0) is 23.4 Å². The molecule has 2 heterocycles. The summed E-state index contributed by atoms with van der Waals surface area (Å²) in [6, 6.07) is 3.86. The molecule has 3 rings (SSSR count). The van der Waals surface area contributed by atoms with E-state index < -0.39 is 18.0 Å². The van der Waals surface area contributed by atoms with Crippen molar-refractivity contribution in [2.75, 3.05) is 25.0 Å². The summed E-state index contributed by atoms with van der Waals surface area (Å²) in [5.74, 6) is -0.689. The lowest BCUT2D eigenvalue weighted by Crippen LogP contribution is -2.45. The lowest BCUT2D eigenvalue weighted by molar-refractivity contribution is -0.0217. The highest BCUT2D eigenvalue weighted by molar-refractivity contribution is 6.31. The zero-order chi connectivity index (χ0) is 19.4. The number of aromatic nitrogens is 2. The van der Waals surface area contributed by atoms with Crippen molar-refractivity contribution >= 4 is 29.2 Å². The molecule has 1 aromatic heterocycles. The Labute approximate surface area is 157 Å². The van der Waals surface area contributed by atoms with E-state index in [0.29, 0.717) is 11.4 Å². The molecule has 0 saturated carbocycles. The van der Waals surface area contributed by atoms with E-state index in [1.807, 2.05) is 0 Å². The van der Waals surface area contributed by atoms with Crippen LogP contribution < -0.4 is 5.32 Å². The number of amides is 1. The van der Waals surface area contributed by atoms with E-state index in [9.17, 15) is 14.4 Å². The number of amidine groups is 1. The van der Waals surface area contributed by atoms with Gasteiger partial charge in [-0.2, -0.15) is 0 Å². The molecule has 1 amide bonds. The summed E-state index contributed by atoms with van der Waals surface area (Å²) >= 11 is 5.73. The minimum Gasteiger partial charge on any atom is -0.465 e. The van der Waals surface area contributed by atoms with Crippen LogP contribution >= 0.6 is 11.6 Å². The zero-order valence-electron chi connectivity index (χ0n) is 13.8. The first-order valence-corrected chi connectivity index (χ1v) is 8.21.